The van der Waals surface area contributed by atoms with E-state index in [0.29, 0.717) is 18.5 Å². The van der Waals surface area contributed by atoms with E-state index >= 15 is 0 Å². The number of rotatable bonds is 6. The Morgan fingerprint density at radius 1 is 1.17 bits per heavy atom. The Labute approximate surface area is 136 Å². The number of aliphatic hydroxyl groups is 1. The van der Waals surface area contributed by atoms with Crippen LogP contribution in [0.5, 0.6) is 0 Å². The van der Waals surface area contributed by atoms with Crippen LogP contribution in [0.2, 0.25) is 0 Å². The molecule has 0 radical (unpaired) electrons. The topological polar surface area (TPSA) is 80.0 Å². The van der Waals surface area contributed by atoms with Crippen molar-refractivity contribution in [2.24, 2.45) is 0 Å². The first-order valence-electron chi connectivity index (χ1n) is 9.07. The van der Waals surface area contributed by atoms with Gasteiger partial charge < -0.3 is 15.0 Å². The quantitative estimate of drug-likeness (QED) is 0.842. The molecule has 0 spiro atoms. The maximum absolute atomic E-state index is 12.2. The van der Waals surface area contributed by atoms with Crippen LogP contribution in [0.1, 0.15) is 87.8 Å². The summed E-state index contributed by atoms with van der Waals surface area (Å²) in [5.74, 6) is 2.49. The van der Waals surface area contributed by atoms with E-state index in [9.17, 15) is 9.90 Å². The summed E-state index contributed by atoms with van der Waals surface area (Å²) in [4.78, 5) is 12.2. The Hall–Kier alpha value is -1.43. The van der Waals surface area contributed by atoms with Crippen molar-refractivity contribution < 1.29 is 9.90 Å². The summed E-state index contributed by atoms with van der Waals surface area (Å²) in [7, 11) is 0. The van der Waals surface area contributed by atoms with Gasteiger partial charge in [0.1, 0.15) is 5.82 Å². The maximum atomic E-state index is 12.2. The lowest BCUT2D eigenvalue weighted by Gasteiger charge is -2.31. The third kappa shape index (κ3) is 3.42. The summed E-state index contributed by atoms with van der Waals surface area (Å²) in [6.07, 6.45) is 9.70. The molecule has 6 heteroatoms. The van der Waals surface area contributed by atoms with Crippen LogP contribution in [0.3, 0.4) is 0 Å². The van der Waals surface area contributed by atoms with Gasteiger partial charge in [0.25, 0.3) is 0 Å². The van der Waals surface area contributed by atoms with Crippen molar-refractivity contribution in [3.8, 4) is 0 Å². The van der Waals surface area contributed by atoms with E-state index in [1.807, 2.05) is 0 Å². The Kier molecular flexibility index (Phi) is 3.87. The van der Waals surface area contributed by atoms with Gasteiger partial charge in [0.15, 0.2) is 5.82 Å². The molecule has 3 saturated carbocycles. The van der Waals surface area contributed by atoms with Gasteiger partial charge in [-0.25, -0.2) is 0 Å². The van der Waals surface area contributed by atoms with Gasteiger partial charge >= 0.3 is 0 Å². The van der Waals surface area contributed by atoms with Crippen LogP contribution >= 0.6 is 0 Å². The van der Waals surface area contributed by atoms with Gasteiger partial charge in [-0.1, -0.05) is 19.3 Å². The van der Waals surface area contributed by atoms with Crippen molar-refractivity contribution >= 4 is 5.91 Å². The van der Waals surface area contributed by atoms with Crippen molar-refractivity contribution in [2.45, 2.75) is 88.3 Å². The molecule has 126 valence electrons. The summed E-state index contributed by atoms with van der Waals surface area (Å²) in [5, 5.41) is 22.1. The third-order valence-corrected chi connectivity index (χ3v) is 5.36. The zero-order valence-electron chi connectivity index (χ0n) is 13.6. The van der Waals surface area contributed by atoms with Crippen molar-refractivity contribution in [3.63, 3.8) is 0 Å². The van der Waals surface area contributed by atoms with Crippen LogP contribution in [-0.2, 0) is 11.3 Å². The van der Waals surface area contributed by atoms with E-state index < -0.39 is 5.60 Å². The molecule has 1 amide bonds. The van der Waals surface area contributed by atoms with Crippen LogP contribution in [0, 0.1) is 0 Å². The van der Waals surface area contributed by atoms with E-state index in [1.54, 1.807) is 0 Å². The van der Waals surface area contributed by atoms with E-state index in [4.69, 9.17) is 0 Å². The molecule has 1 heterocycles. The lowest BCUT2D eigenvalue weighted by Crippen LogP contribution is -2.38. The van der Waals surface area contributed by atoms with Crippen LogP contribution in [-0.4, -0.2) is 31.4 Å². The molecule has 4 rings (SSSR count). The SMILES string of the molecule is O=C(CC1(O)CCCCC1)NCc1nnc(C2CC2)n1C1CC1. The van der Waals surface area contributed by atoms with Crippen LogP contribution < -0.4 is 5.32 Å². The Bertz CT molecular complexity index is 583. The second-order valence-electron chi connectivity index (χ2n) is 7.59. The molecular weight excluding hydrogens is 292 g/mol. The van der Waals surface area contributed by atoms with Gasteiger partial charge in [0.05, 0.1) is 18.6 Å². The van der Waals surface area contributed by atoms with Crippen LogP contribution in [0.25, 0.3) is 0 Å². The lowest BCUT2D eigenvalue weighted by molar-refractivity contribution is -0.127. The number of hydrogen-bond acceptors (Lipinski definition) is 4. The van der Waals surface area contributed by atoms with E-state index in [1.165, 1.54) is 32.1 Å². The highest BCUT2D eigenvalue weighted by Crippen LogP contribution is 2.44. The van der Waals surface area contributed by atoms with Gasteiger partial charge in [-0.2, -0.15) is 0 Å². The first-order valence-corrected chi connectivity index (χ1v) is 9.07. The molecule has 3 aliphatic carbocycles. The highest BCUT2D eigenvalue weighted by molar-refractivity contribution is 5.76. The zero-order valence-corrected chi connectivity index (χ0v) is 13.6. The summed E-state index contributed by atoms with van der Waals surface area (Å²) in [6.45, 7) is 0.422. The normalized spacial score (nSPS) is 23.7. The molecule has 0 aromatic carbocycles. The Balaban J connectivity index is 1.36. The fraction of sp³-hybridized carbons (Fsp3) is 0.824. The molecule has 3 fully saturated rings. The fourth-order valence-electron chi connectivity index (χ4n) is 3.73. The summed E-state index contributed by atoms with van der Waals surface area (Å²) in [6, 6.07) is 0.537. The van der Waals surface area contributed by atoms with Gasteiger partial charge in [0, 0.05) is 12.0 Å². The summed E-state index contributed by atoms with van der Waals surface area (Å²) < 4.78 is 2.26. The first kappa shape index (κ1) is 15.1. The molecule has 1 aromatic rings. The third-order valence-electron chi connectivity index (χ3n) is 5.36. The first-order chi connectivity index (χ1) is 11.1. The molecule has 2 N–H and O–H groups in total. The number of carbonyl (C=O) groups excluding carboxylic acids is 1. The Morgan fingerprint density at radius 2 is 1.91 bits per heavy atom. The van der Waals surface area contributed by atoms with Gasteiger partial charge in [-0.3, -0.25) is 4.79 Å². The number of nitrogens with one attached hydrogen (secondary N) is 1. The fourth-order valence-corrected chi connectivity index (χ4v) is 3.73. The second kappa shape index (κ2) is 5.89. The van der Waals surface area contributed by atoms with Crippen LogP contribution in [0.15, 0.2) is 0 Å². The monoisotopic (exact) mass is 318 g/mol. The number of nitrogens with zero attached hydrogens (tertiary/aromatic N) is 3. The average molecular weight is 318 g/mol. The standard InChI is InChI=1S/C17H26N4O2/c22-15(10-17(23)8-2-1-3-9-17)18-11-14-19-20-16(12-4-5-12)21(14)13-6-7-13/h12-13,23H,1-11H2,(H,18,22). The molecule has 0 unspecified atom stereocenters. The number of amides is 1. The smallest absolute Gasteiger partial charge is 0.223 e. The van der Waals surface area contributed by atoms with Gasteiger partial charge in [0.2, 0.25) is 5.91 Å². The number of aromatic nitrogens is 3. The highest BCUT2D eigenvalue weighted by atomic mass is 16.3. The van der Waals surface area contributed by atoms with Crippen LogP contribution in [0.4, 0.5) is 0 Å². The predicted molar refractivity (Wildman–Crippen MR) is 84.8 cm³/mol. The van der Waals surface area contributed by atoms with E-state index in [2.05, 4.69) is 20.1 Å². The molecule has 0 atom stereocenters. The molecule has 1 aromatic heterocycles. The highest BCUT2D eigenvalue weighted by Gasteiger charge is 2.36. The van der Waals surface area contributed by atoms with E-state index in [0.717, 1.165) is 37.3 Å². The lowest BCUT2D eigenvalue weighted by atomic mass is 9.82. The van der Waals surface area contributed by atoms with E-state index in [-0.39, 0.29) is 12.3 Å². The minimum Gasteiger partial charge on any atom is -0.389 e. The molecule has 23 heavy (non-hydrogen) atoms. The van der Waals surface area contributed by atoms with Crippen molar-refractivity contribution in [1.82, 2.24) is 20.1 Å². The van der Waals surface area contributed by atoms with Crippen molar-refractivity contribution in [3.05, 3.63) is 11.6 Å². The van der Waals surface area contributed by atoms with Gasteiger partial charge in [-0.15, -0.1) is 10.2 Å². The maximum Gasteiger partial charge on any atom is 0.223 e. The van der Waals surface area contributed by atoms with Crippen molar-refractivity contribution in [1.29, 1.82) is 0 Å². The average Bonchev–Trinajstić information content (AvgIpc) is 3.44. The van der Waals surface area contributed by atoms with Crippen molar-refractivity contribution in [2.75, 3.05) is 0 Å². The Morgan fingerprint density at radius 3 is 2.57 bits per heavy atom. The number of hydrogen-bond donors (Lipinski definition) is 2. The molecule has 3 aliphatic rings. The minimum atomic E-state index is -0.800. The molecule has 0 bridgehead atoms. The molecule has 0 aliphatic heterocycles. The number of carbonyl (C=O) groups is 1. The predicted octanol–water partition coefficient (Wildman–Crippen LogP) is 2.19. The summed E-state index contributed by atoms with van der Waals surface area (Å²) in [5.41, 5.74) is -0.800. The molecular formula is C17H26N4O2. The largest absolute Gasteiger partial charge is 0.389 e. The van der Waals surface area contributed by atoms with Gasteiger partial charge in [-0.05, 0) is 38.5 Å². The summed E-state index contributed by atoms with van der Waals surface area (Å²) >= 11 is 0. The minimum absolute atomic E-state index is 0.0762. The molecule has 0 saturated heterocycles. The molecule has 6 nitrogen and oxygen atoms in total. The second-order valence-corrected chi connectivity index (χ2v) is 7.59. The zero-order chi connectivity index (χ0) is 15.9.